The maximum Gasteiger partial charge on any atom is 0.272 e. The van der Waals surface area contributed by atoms with Crippen molar-refractivity contribution in [2.75, 3.05) is 19.6 Å². The van der Waals surface area contributed by atoms with Gasteiger partial charge in [0.2, 0.25) is 0 Å². The number of benzene rings is 1. The summed E-state index contributed by atoms with van der Waals surface area (Å²) in [4.78, 5) is 40.5. The highest BCUT2D eigenvalue weighted by Gasteiger charge is 2.43. The minimum atomic E-state index is -0.264. The molecule has 0 radical (unpaired) electrons. The van der Waals surface area contributed by atoms with Gasteiger partial charge >= 0.3 is 0 Å². The van der Waals surface area contributed by atoms with E-state index in [4.69, 9.17) is 0 Å². The number of nitrogens with zero attached hydrogens (tertiary/aromatic N) is 4. The second kappa shape index (κ2) is 8.38. The molecule has 2 aliphatic rings. The summed E-state index contributed by atoms with van der Waals surface area (Å²) in [5, 5.41) is 14.8. The Balaban J connectivity index is 1.32. The van der Waals surface area contributed by atoms with Crippen LogP contribution in [-0.2, 0) is 6.42 Å². The zero-order chi connectivity index (χ0) is 24.0. The van der Waals surface area contributed by atoms with E-state index in [1.54, 1.807) is 18.2 Å². The number of fused-ring (bicyclic) bond motifs is 2. The monoisotopic (exact) mass is 462 g/mol. The third kappa shape index (κ3) is 3.69. The van der Waals surface area contributed by atoms with E-state index in [9.17, 15) is 14.4 Å². The number of likely N-dealkylation sites (tertiary alicyclic amines) is 1. The number of hydrogen-bond donors (Lipinski definition) is 2. The molecule has 0 bridgehead atoms. The van der Waals surface area contributed by atoms with Gasteiger partial charge in [0.15, 0.2) is 11.5 Å². The number of amides is 2. The van der Waals surface area contributed by atoms with Crippen LogP contribution in [0.5, 0.6) is 0 Å². The molecule has 3 aromatic rings. The van der Waals surface area contributed by atoms with E-state index < -0.39 is 0 Å². The molecule has 1 saturated heterocycles. The van der Waals surface area contributed by atoms with Crippen molar-refractivity contribution < 1.29 is 14.4 Å². The number of aromatic amines is 1. The van der Waals surface area contributed by atoms with Crippen LogP contribution in [0.4, 0.5) is 0 Å². The highest BCUT2D eigenvalue weighted by Crippen LogP contribution is 2.44. The van der Waals surface area contributed by atoms with Crippen molar-refractivity contribution >= 4 is 28.5 Å². The van der Waals surface area contributed by atoms with Crippen LogP contribution in [0.1, 0.15) is 83.0 Å². The summed E-state index contributed by atoms with van der Waals surface area (Å²) >= 11 is 0. The van der Waals surface area contributed by atoms with Crippen molar-refractivity contribution in [3.05, 3.63) is 46.9 Å². The molecule has 9 nitrogen and oxygen atoms in total. The van der Waals surface area contributed by atoms with Crippen molar-refractivity contribution in [3.63, 3.8) is 0 Å². The molecule has 9 heteroatoms. The summed E-state index contributed by atoms with van der Waals surface area (Å²) < 4.78 is 1.84. The predicted molar refractivity (Wildman–Crippen MR) is 127 cm³/mol. The van der Waals surface area contributed by atoms with Crippen LogP contribution in [0.25, 0.3) is 10.9 Å². The topological polar surface area (TPSA) is 113 Å². The Morgan fingerprint density at radius 1 is 1.21 bits per heavy atom. The average Bonchev–Trinajstić information content (AvgIpc) is 3.43. The Hall–Kier alpha value is -3.49. The molecule has 2 N–H and O–H groups in total. The summed E-state index contributed by atoms with van der Waals surface area (Å²) in [5.41, 5.74) is 3.24. The molecular weight excluding hydrogens is 432 g/mol. The van der Waals surface area contributed by atoms with Gasteiger partial charge in [-0.25, -0.2) is 0 Å². The Morgan fingerprint density at radius 2 is 1.97 bits per heavy atom. The number of piperidine rings is 1. The molecule has 3 heterocycles. The number of ketones is 1. The molecular formula is C25H30N6O3. The first-order valence-corrected chi connectivity index (χ1v) is 12.0. The van der Waals surface area contributed by atoms with Crippen LogP contribution in [0.3, 0.4) is 0 Å². The van der Waals surface area contributed by atoms with Crippen molar-refractivity contribution in [1.29, 1.82) is 0 Å². The zero-order valence-electron chi connectivity index (χ0n) is 19.9. The van der Waals surface area contributed by atoms with Gasteiger partial charge < -0.3 is 10.2 Å². The lowest BCUT2D eigenvalue weighted by atomic mass is 9.67. The van der Waals surface area contributed by atoms with Gasteiger partial charge in [-0.3, -0.25) is 24.2 Å². The molecule has 1 fully saturated rings. The average molecular weight is 463 g/mol. The fourth-order valence-electron chi connectivity index (χ4n) is 5.40. The molecule has 1 aliphatic heterocycles. The minimum Gasteiger partial charge on any atom is -0.351 e. The van der Waals surface area contributed by atoms with Gasteiger partial charge in [0.1, 0.15) is 5.69 Å². The summed E-state index contributed by atoms with van der Waals surface area (Å²) in [6, 6.07) is 5.46. The number of carbonyl (C=O) groups is 3. The highest BCUT2D eigenvalue weighted by atomic mass is 16.2. The van der Waals surface area contributed by atoms with Gasteiger partial charge in [-0.2, -0.15) is 10.2 Å². The van der Waals surface area contributed by atoms with E-state index in [0.29, 0.717) is 48.2 Å². The van der Waals surface area contributed by atoms with Gasteiger partial charge in [-0.1, -0.05) is 0 Å². The second-order valence-corrected chi connectivity index (χ2v) is 9.82. The summed E-state index contributed by atoms with van der Waals surface area (Å²) in [6.07, 6.45) is 4.76. The first kappa shape index (κ1) is 22.3. The van der Waals surface area contributed by atoms with Crippen molar-refractivity contribution in [1.82, 2.24) is 30.2 Å². The Kier molecular flexibility index (Phi) is 5.50. The van der Waals surface area contributed by atoms with Gasteiger partial charge in [0, 0.05) is 48.6 Å². The molecule has 178 valence electrons. The van der Waals surface area contributed by atoms with Gasteiger partial charge in [0.25, 0.3) is 11.8 Å². The largest absolute Gasteiger partial charge is 0.351 e. The molecule has 2 aromatic heterocycles. The third-order valence-corrected chi connectivity index (χ3v) is 7.20. The lowest BCUT2D eigenvalue weighted by molar-refractivity contribution is 0.0517. The van der Waals surface area contributed by atoms with Crippen molar-refractivity contribution in [2.24, 2.45) is 5.41 Å². The van der Waals surface area contributed by atoms with E-state index in [1.807, 2.05) is 36.5 Å². The van der Waals surface area contributed by atoms with Crippen LogP contribution in [0, 0.1) is 5.41 Å². The summed E-state index contributed by atoms with van der Waals surface area (Å²) in [5.74, 6) is -0.161. The van der Waals surface area contributed by atoms with Crippen LogP contribution in [-0.4, -0.2) is 62.1 Å². The number of carbonyl (C=O) groups excluding carboxylic acids is 3. The number of H-pyrrole nitrogens is 1. The number of Topliss-reactive ketones (excluding diaryl/α,β-unsaturated/α-hetero) is 1. The molecule has 0 saturated carbocycles. The number of aromatic nitrogens is 4. The molecule has 34 heavy (non-hydrogen) atoms. The smallest absolute Gasteiger partial charge is 0.272 e. The first-order valence-electron chi connectivity index (χ1n) is 12.0. The lowest BCUT2D eigenvalue weighted by Gasteiger charge is -2.43. The number of nitrogens with one attached hydrogen (secondary N) is 2. The maximum atomic E-state index is 13.3. The highest BCUT2D eigenvalue weighted by molar-refractivity contribution is 6.07. The van der Waals surface area contributed by atoms with E-state index >= 15 is 0 Å². The third-order valence-electron chi connectivity index (χ3n) is 7.20. The Morgan fingerprint density at radius 3 is 2.68 bits per heavy atom. The molecule has 2 amide bonds. The van der Waals surface area contributed by atoms with E-state index in [2.05, 4.69) is 20.6 Å². The normalized spacial score (nSPS) is 17.4. The van der Waals surface area contributed by atoms with E-state index in [1.165, 1.54) is 0 Å². The quantitative estimate of drug-likeness (QED) is 0.618. The molecule has 1 spiro atoms. The van der Waals surface area contributed by atoms with Gasteiger partial charge in [0.05, 0.1) is 11.7 Å². The molecule has 0 atom stereocenters. The lowest BCUT2D eigenvalue weighted by Crippen LogP contribution is -2.46. The van der Waals surface area contributed by atoms with E-state index in [-0.39, 0.29) is 29.1 Å². The molecule has 1 aliphatic carbocycles. The number of rotatable bonds is 4. The van der Waals surface area contributed by atoms with Crippen LogP contribution < -0.4 is 5.32 Å². The molecule has 0 unspecified atom stereocenters. The standard InChI is InChI=1S/C25H30N6O3/c1-4-26-23(33)21-18-11-16(5-6-19(18)28-29-21)24(34)30-9-7-25(8-10-30)12-17-14-27-31(15(2)3)22(17)20(32)13-25/h5-6,11,14-15H,4,7-10,12-13H2,1-3H3,(H,26,33)(H,28,29). The van der Waals surface area contributed by atoms with Gasteiger partial charge in [-0.05, 0) is 63.6 Å². The number of hydrogen-bond acceptors (Lipinski definition) is 5. The van der Waals surface area contributed by atoms with Crippen molar-refractivity contribution in [3.8, 4) is 0 Å². The zero-order valence-corrected chi connectivity index (χ0v) is 19.9. The van der Waals surface area contributed by atoms with Crippen LogP contribution in [0.15, 0.2) is 24.4 Å². The summed E-state index contributed by atoms with van der Waals surface area (Å²) in [6.45, 7) is 7.63. The van der Waals surface area contributed by atoms with Crippen molar-refractivity contribution in [2.45, 2.75) is 52.5 Å². The first-order chi connectivity index (χ1) is 16.3. The fraction of sp³-hybridized carbons (Fsp3) is 0.480. The van der Waals surface area contributed by atoms with Crippen LogP contribution in [0.2, 0.25) is 0 Å². The van der Waals surface area contributed by atoms with Gasteiger partial charge in [-0.15, -0.1) is 0 Å². The molecule has 1 aromatic carbocycles. The predicted octanol–water partition coefficient (Wildman–Crippen LogP) is 3.14. The SMILES string of the molecule is CCNC(=O)c1n[nH]c2ccc(C(=O)N3CCC4(CC3)CC(=O)c3c(cnn3C(C)C)C4)cc12. The fourth-order valence-corrected chi connectivity index (χ4v) is 5.40. The maximum absolute atomic E-state index is 13.3. The van der Waals surface area contributed by atoms with E-state index in [0.717, 1.165) is 30.5 Å². The summed E-state index contributed by atoms with van der Waals surface area (Å²) in [7, 11) is 0. The van der Waals surface area contributed by atoms with Crippen LogP contribution >= 0.6 is 0 Å². The second-order valence-electron chi connectivity index (χ2n) is 9.82. The minimum absolute atomic E-state index is 0.0600. The Labute approximate surface area is 197 Å². The molecule has 5 rings (SSSR count). The Bertz CT molecular complexity index is 1280.